The van der Waals surface area contributed by atoms with Gasteiger partial charge in [0.25, 0.3) is 0 Å². The molecule has 2 atom stereocenters. The Morgan fingerprint density at radius 2 is 1.83 bits per heavy atom. The van der Waals surface area contributed by atoms with Gasteiger partial charge < -0.3 is 15.3 Å². The van der Waals surface area contributed by atoms with E-state index in [1.807, 2.05) is 31.2 Å². The van der Waals surface area contributed by atoms with E-state index in [0.717, 1.165) is 37.6 Å². The second-order valence-corrected chi connectivity index (χ2v) is 6.20. The molecule has 1 saturated heterocycles. The number of nitrogens with one attached hydrogen (secondary N) is 1. The molecule has 0 unspecified atom stereocenters. The first-order valence-electron chi connectivity index (χ1n) is 8.52. The average Bonchev–Trinajstić information content (AvgIpc) is 2.98. The fourth-order valence-electron chi connectivity index (χ4n) is 3.19. The van der Waals surface area contributed by atoms with E-state index >= 15 is 0 Å². The fourth-order valence-corrected chi connectivity index (χ4v) is 3.19. The Morgan fingerprint density at radius 1 is 1.21 bits per heavy atom. The molecular weight excluding hydrogens is 306 g/mol. The summed E-state index contributed by atoms with van der Waals surface area (Å²) in [7, 11) is 0. The molecule has 1 aromatic heterocycles. The summed E-state index contributed by atoms with van der Waals surface area (Å²) in [6, 6.07) is 7.65. The number of aromatic nitrogens is 3. The van der Waals surface area contributed by atoms with Crippen molar-refractivity contribution >= 4 is 5.69 Å². The van der Waals surface area contributed by atoms with Crippen LogP contribution in [0.5, 0.6) is 0 Å². The Morgan fingerprint density at radius 3 is 2.42 bits per heavy atom. The van der Waals surface area contributed by atoms with Crippen molar-refractivity contribution in [2.24, 2.45) is 0 Å². The molecule has 0 saturated carbocycles. The van der Waals surface area contributed by atoms with Crippen LogP contribution < -0.4 is 15.9 Å². The molecule has 3 rings (SSSR count). The maximum Gasteiger partial charge on any atom is 0.350 e. The summed E-state index contributed by atoms with van der Waals surface area (Å²) in [5, 5.41) is 17.4. The van der Waals surface area contributed by atoms with Crippen LogP contribution in [0, 0.1) is 0 Å². The first-order chi connectivity index (χ1) is 11.6. The van der Waals surface area contributed by atoms with Gasteiger partial charge in [0.2, 0.25) is 0 Å². The lowest BCUT2D eigenvalue weighted by Gasteiger charge is -2.29. The van der Waals surface area contributed by atoms with Crippen molar-refractivity contribution in [3.63, 3.8) is 0 Å². The number of anilines is 1. The summed E-state index contributed by atoms with van der Waals surface area (Å²) in [6.45, 7) is 7.58. The van der Waals surface area contributed by atoms with E-state index < -0.39 is 6.10 Å². The lowest BCUT2D eigenvalue weighted by molar-refractivity contribution is 0.118. The van der Waals surface area contributed by atoms with Crippen LogP contribution in [0.1, 0.15) is 26.3 Å². The molecule has 2 N–H and O–H groups in total. The summed E-state index contributed by atoms with van der Waals surface area (Å²) in [5.41, 5.74) is 1.72. The first-order valence-corrected chi connectivity index (χ1v) is 8.52. The van der Waals surface area contributed by atoms with Crippen LogP contribution in [0.3, 0.4) is 0 Å². The minimum Gasteiger partial charge on any atom is -0.391 e. The summed E-state index contributed by atoms with van der Waals surface area (Å²) < 4.78 is 2.89. The number of hydrogen-bond donors (Lipinski definition) is 2. The van der Waals surface area contributed by atoms with Crippen molar-refractivity contribution in [3.05, 3.63) is 41.1 Å². The third-order valence-electron chi connectivity index (χ3n) is 4.59. The van der Waals surface area contributed by atoms with Gasteiger partial charge in [0.05, 0.1) is 17.8 Å². The lowest BCUT2D eigenvalue weighted by Crippen LogP contribution is -2.43. The molecule has 1 aliphatic heterocycles. The Balaban J connectivity index is 1.84. The highest BCUT2D eigenvalue weighted by Crippen LogP contribution is 2.18. The van der Waals surface area contributed by atoms with Crippen LogP contribution in [0.15, 0.2) is 35.4 Å². The Bertz CT molecular complexity index is 713. The molecule has 24 heavy (non-hydrogen) atoms. The molecule has 2 heterocycles. The molecule has 7 heteroatoms. The second kappa shape index (κ2) is 7.19. The minimum atomic E-state index is -0.619. The van der Waals surface area contributed by atoms with Crippen LogP contribution in [0.2, 0.25) is 0 Å². The highest BCUT2D eigenvalue weighted by molar-refractivity contribution is 5.51. The fraction of sp³-hybridized carbons (Fsp3) is 0.529. The van der Waals surface area contributed by atoms with Crippen molar-refractivity contribution in [1.82, 2.24) is 19.7 Å². The molecule has 0 radical (unpaired) electrons. The van der Waals surface area contributed by atoms with Gasteiger partial charge in [-0.25, -0.2) is 14.0 Å². The molecule has 2 aromatic rings. The van der Waals surface area contributed by atoms with E-state index in [2.05, 4.69) is 15.3 Å². The van der Waals surface area contributed by atoms with Crippen LogP contribution in [-0.2, 0) is 0 Å². The van der Waals surface area contributed by atoms with Crippen molar-refractivity contribution < 1.29 is 5.11 Å². The van der Waals surface area contributed by atoms with Crippen LogP contribution in [0.25, 0.3) is 5.69 Å². The highest BCUT2D eigenvalue weighted by Gasteiger charge is 2.20. The van der Waals surface area contributed by atoms with Crippen LogP contribution in [0.4, 0.5) is 5.69 Å². The number of hydrogen-bond acceptors (Lipinski definition) is 5. The number of rotatable bonds is 5. The summed E-state index contributed by atoms with van der Waals surface area (Å²) in [6.07, 6.45) is 1.55. The van der Waals surface area contributed by atoms with Gasteiger partial charge in [0.15, 0.2) is 0 Å². The summed E-state index contributed by atoms with van der Waals surface area (Å²) in [5.74, 6) is 0. The Hall–Kier alpha value is -2.12. The van der Waals surface area contributed by atoms with Gasteiger partial charge in [0.1, 0.15) is 6.33 Å². The molecule has 1 aliphatic rings. The molecule has 130 valence electrons. The Labute approximate surface area is 141 Å². The predicted molar refractivity (Wildman–Crippen MR) is 93.9 cm³/mol. The van der Waals surface area contributed by atoms with Crippen molar-refractivity contribution in [3.8, 4) is 5.69 Å². The van der Waals surface area contributed by atoms with Crippen LogP contribution in [-0.4, -0.2) is 51.7 Å². The molecule has 1 fully saturated rings. The Kier molecular flexibility index (Phi) is 5.01. The monoisotopic (exact) mass is 331 g/mol. The normalized spacial score (nSPS) is 17.7. The predicted octanol–water partition coefficient (Wildman–Crippen LogP) is 0.775. The van der Waals surface area contributed by atoms with E-state index in [9.17, 15) is 9.90 Å². The second-order valence-electron chi connectivity index (χ2n) is 6.20. The van der Waals surface area contributed by atoms with Crippen molar-refractivity contribution in [1.29, 1.82) is 0 Å². The highest BCUT2D eigenvalue weighted by atomic mass is 16.3. The topological polar surface area (TPSA) is 75.3 Å². The molecule has 1 aromatic carbocycles. The van der Waals surface area contributed by atoms with Gasteiger partial charge in [-0.1, -0.05) is 6.92 Å². The molecule has 0 amide bonds. The maximum atomic E-state index is 12.6. The van der Waals surface area contributed by atoms with Crippen molar-refractivity contribution in [2.75, 3.05) is 31.1 Å². The standard InChI is InChI=1S/C17H25N5O2/c1-3-16(13(2)23)22-17(24)21(12-19-22)15-6-4-14(5-7-15)20-10-8-18-9-11-20/h4-7,12-13,16,18,23H,3,8-11H2,1-2H3/t13-,16-/m1/s1. The zero-order valence-electron chi connectivity index (χ0n) is 14.2. The van der Waals surface area contributed by atoms with Crippen LogP contribution >= 0.6 is 0 Å². The zero-order valence-corrected chi connectivity index (χ0v) is 14.2. The number of aliphatic hydroxyl groups is 1. The first kappa shape index (κ1) is 16.7. The molecule has 7 nitrogen and oxygen atoms in total. The van der Waals surface area contributed by atoms with Crippen molar-refractivity contribution in [2.45, 2.75) is 32.4 Å². The smallest absolute Gasteiger partial charge is 0.350 e. The molecular formula is C17H25N5O2. The number of benzene rings is 1. The number of nitrogens with zero attached hydrogens (tertiary/aromatic N) is 4. The van der Waals surface area contributed by atoms with Gasteiger partial charge in [0, 0.05) is 31.9 Å². The summed E-state index contributed by atoms with van der Waals surface area (Å²) >= 11 is 0. The molecule has 0 aliphatic carbocycles. The number of aliphatic hydroxyl groups excluding tert-OH is 1. The average molecular weight is 331 g/mol. The van der Waals surface area contributed by atoms with E-state index in [1.165, 1.54) is 15.6 Å². The van der Waals surface area contributed by atoms with Gasteiger partial charge in [-0.05, 0) is 37.6 Å². The van der Waals surface area contributed by atoms with Gasteiger partial charge in [-0.15, -0.1) is 0 Å². The zero-order chi connectivity index (χ0) is 17.1. The largest absolute Gasteiger partial charge is 0.391 e. The van der Waals surface area contributed by atoms with E-state index in [4.69, 9.17) is 0 Å². The minimum absolute atomic E-state index is 0.224. The van der Waals surface area contributed by atoms with Gasteiger partial charge in [-0.3, -0.25) is 0 Å². The van der Waals surface area contributed by atoms with E-state index in [-0.39, 0.29) is 11.7 Å². The van der Waals surface area contributed by atoms with Gasteiger partial charge >= 0.3 is 5.69 Å². The van der Waals surface area contributed by atoms with Gasteiger partial charge in [-0.2, -0.15) is 5.10 Å². The lowest BCUT2D eigenvalue weighted by atomic mass is 10.1. The molecule has 0 bridgehead atoms. The van der Waals surface area contributed by atoms with E-state index in [1.54, 1.807) is 6.92 Å². The SMILES string of the molecule is CC[C@H]([C@@H](C)O)n1ncn(-c2ccc(N3CCNCC3)cc2)c1=O. The van der Waals surface area contributed by atoms with E-state index in [0.29, 0.717) is 6.42 Å². The quantitative estimate of drug-likeness (QED) is 0.847. The molecule has 0 spiro atoms. The number of piperazine rings is 1. The third-order valence-corrected chi connectivity index (χ3v) is 4.59. The summed E-state index contributed by atoms with van der Waals surface area (Å²) in [4.78, 5) is 14.9. The third kappa shape index (κ3) is 3.22. The maximum absolute atomic E-state index is 12.6.